The molecule has 0 unspecified atom stereocenters. The van der Waals surface area contributed by atoms with Crippen molar-refractivity contribution in [2.75, 3.05) is 19.0 Å². The first kappa shape index (κ1) is 27.0. The van der Waals surface area contributed by atoms with Crippen LogP contribution in [0.4, 0.5) is 16.2 Å². The Labute approximate surface area is 244 Å². The van der Waals surface area contributed by atoms with Gasteiger partial charge in [-0.2, -0.15) is 0 Å². The fourth-order valence-electron chi connectivity index (χ4n) is 5.69. The predicted octanol–water partition coefficient (Wildman–Crippen LogP) is 5.52. The number of carbonyl (C=O) groups excluding carboxylic acids is 2. The number of anilines is 2. The molecule has 0 bridgehead atoms. The number of nitrogens with zero attached hydrogens (tertiary/aromatic N) is 2. The first-order valence-electron chi connectivity index (χ1n) is 13.7. The lowest BCUT2D eigenvalue weighted by molar-refractivity contribution is 0.0224. The number of hydrogen-bond acceptors (Lipinski definition) is 6. The number of halogens is 1. The molecule has 3 aromatic rings. The molecule has 2 fully saturated rings. The molecule has 41 heavy (non-hydrogen) atoms. The molecule has 212 valence electrons. The molecule has 1 saturated heterocycles. The highest BCUT2D eigenvalue weighted by atomic mass is 35.5. The Morgan fingerprint density at radius 1 is 1.24 bits per heavy atom. The number of ether oxygens (including phenoxy) is 2. The van der Waals surface area contributed by atoms with Gasteiger partial charge in [0.25, 0.3) is 5.91 Å². The highest BCUT2D eigenvalue weighted by molar-refractivity contribution is 6.32. The van der Waals surface area contributed by atoms with E-state index in [4.69, 9.17) is 21.1 Å². The average Bonchev–Trinajstić information content (AvgIpc) is 3.42. The number of para-hydroxylation sites is 1. The highest BCUT2D eigenvalue weighted by Crippen LogP contribution is 2.48. The summed E-state index contributed by atoms with van der Waals surface area (Å²) in [7, 11) is 1.55. The van der Waals surface area contributed by atoms with Gasteiger partial charge in [0.05, 0.1) is 46.4 Å². The number of amides is 2. The quantitative estimate of drug-likeness (QED) is 0.355. The van der Waals surface area contributed by atoms with Crippen LogP contribution in [0, 0.1) is 17.8 Å². The van der Waals surface area contributed by atoms with Crippen LogP contribution >= 0.6 is 11.6 Å². The van der Waals surface area contributed by atoms with Crippen LogP contribution in [0.15, 0.2) is 36.7 Å². The van der Waals surface area contributed by atoms with E-state index in [2.05, 4.69) is 32.4 Å². The first-order chi connectivity index (χ1) is 19.6. The number of rotatable bonds is 4. The number of methoxy groups -OCH3 is 1. The van der Waals surface area contributed by atoms with Gasteiger partial charge in [0.2, 0.25) is 0 Å². The monoisotopic (exact) mass is 573 g/mol. The Hall–Kier alpha value is -4.16. The molecule has 3 N–H and O–H groups in total. The van der Waals surface area contributed by atoms with Crippen molar-refractivity contribution in [3.05, 3.63) is 58.5 Å². The fourth-order valence-corrected chi connectivity index (χ4v) is 5.94. The van der Waals surface area contributed by atoms with Gasteiger partial charge in [-0.1, -0.05) is 29.5 Å². The van der Waals surface area contributed by atoms with Crippen molar-refractivity contribution in [1.82, 2.24) is 20.2 Å². The largest absolute Gasteiger partial charge is 0.493 e. The number of piperidine rings is 1. The number of nitrogens with one attached hydrogen (secondary N) is 3. The summed E-state index contributed by atoms with van der Waals surface area (Å²) in [5.74, 6) is 7.41. The van der Waals surface area contributed by atoms with Gasteiger partial charge in [0, 0.05) is 42.7 Å². The minimum absolute atomic E-state index is 0.169. The molecular weight excluding hydrogens is 542 g/mol. The maximum Gasteiger partial charge on any atom is 0.411 e. The Balaban J connectivity index is 1.39. The summed E-state index contributed by atoms with van der Waals surface area (Å²) in [6.45, 7) is 6.15. The molecule has 4 heterocycles. The Kier molecular flexibility index (Phi) is 6.82. The van der Waals surface area contributed by atoms with Gasteiger partial charge in [-0.3, -0.25) is 14.7 Å². The second kappa shape index (κ2) is 10.3. The van der Waals surface area contributed by atoms with Crippen LogP contribution in [-0.4, -0.2) is 58.2 Å². The molecule has 0 radical (unpaired) electrons. The van der Waals surface area contributed by atoms with Crippen LogP contribution in [0.1, 0.15) is 55.2 Å². The fraction of sp³-hybridized carbons (Fsp3) is 0.387. The van der Waals surface area contributed by atoms with Gasteiger partial charge in [-0.25, -0.2) is 4.79 Å². The zero-order chi connectivity index (χ0) is 28.9. The molecule has 2 aromatic heterocycles. The minimum Gasteiger partial charge on any atom is -0.493 e. The summed E-state index contributed by atoms with van der Waals surface area (Å²) in [4.78, 5) is 35.7. The third-order valence-corrected chi connectivity index (χ3v) is 7.87. The third-order valence-electron chi connectivity index (χ3n) is 7.57. The summed E-state index contributed by atoms with van der Waals surface area (Å²) in [5, 5.41) is 6.80. The van der Waals surface area contributed by atoms with Crippen LogP contribution in [0.3, 0.4) is 0 Å². The molecule has 0 spiro atoms. The van der Waals surface area contributed by atoms with E-state index in [1.807, 2.05) is 39.0 Å². The van der Waals surface area contributed by atoms with Gasteiger partial charge >= 0.3 is 6.09 Å². The summed E-state index contributed by atoms with van der Waals surface area (Å²) in [6, 6.07) is 7.23. The SMILES string of the molecule is COc1c(Cl)cccc1Nc1c(-c2ccncc2C#C[C@@H]2C[C@H]3C[C@H]3N2C(=O)OC(C)(C)C)[nH]c2c1C(=O)NCC2. The van der Waals surface area contributed by atoms with Crippen LogP contribution in [-0.2, 0) is 11.2 Å². The normalized spacial score (nSPS) is 20.8. The Morgan fingerprint density at radius 2 is 2.07 bits per heavy atom. The molecule has 9 nitrogen and oxygen atoms in total. The highest BCUT2D eigenvalue weighted by Gasteiger charge is 2.54. The summed E-state index contributed by atoms with van der Waals surface area (Å²) in [6.07, 6.45) is 5.56. The standard InChI is InChI=1S/C31H32ClN5O4/c1-31(2,3)41-30(39)37-19(14-18-15-24(18)37)9-8-17-16-33-12-10-20(17)26-27(25-22(35-26)11-13-34-29(25)38)36-23-7-5-6-21(32)28(23)40-4/h5-7,10,12,16,18-19,24,35-36H,11,13-15H2,1-4H3,(H,34,38)/t18-,19+,24+/m0/s1. The number of hydrogen-bond donors (Lipinski definition) is 3. The van der Waals surface area contributed by atoms with Crippen molar-refractivity contribution < 1.29 is 19.1 Å². The molecular formula is C31H32ClN5O4. The van der Waals surface area contributed by atoms with Gasteiger partial charge in [0.15, 0.2) is 5.75 Å². The van der Waals surface area contributed by atoms with Crippen molar-refractivity contribution in [3.8, 4) is 28.8 Å². The van der Waals surface area contributed by atoms with E-state index in [0.29, 0.717) is 57.9 Å². The van der Waals surface area contributed by atoms with Crippen molar-refractivity contribution in [2.24, 2.45) is 5.92 Å². The van der Waals surface area contributed by atoms with Crippen LogP contribution < -0.4 is 15.4 Å². The van der Waals surface area contributed by atoms with Gasteiger partial charge < -0.3 is 25.1 Å². The maximum atomic E-state index is 13.1. The van der Waals surface area contributed by atoms with Crippen LogP contribution in [0.2, 0.25) is 5.02 Å². The lowest BCUT2D eigenvalue weighted by Gasteiger charge is -2.28. The molecule has 1 saturated carbocycles. The average molecular weight is 574 g/mol. The van der Waals surface area contributed by atoms with Crippen molar-refractivity contribution in [1.29, 1.82) is 0 Å². The number of pyridine rings is 1. The van der Waals surface area contributed by atoms with E-state index in [-0.39, 0.29) is 24.1 Å². The lowest BCUT2D eigenvalue weighted by atomic mass is 10.0. The van der Waals surface area contributed by atoms with E-state index in [0.717, 1.165) is 24.1 Å². The number of aromatic amines is 1. The number of aromatic nitrogens is 2. The Morgan fingerprint density at radius 3 is 2.85 bits per heavy atom. The maximum absolute atomic E-state index is 13.1. The van der Waals surface area contributed by atoms with E-state index in [1.165, 1.54) is 0 Å². The summed E-state index contributed by atoms with van der Waals surface area (Å²) >= 11 is 6.39. The second-order valence-electron chi connectivity index (χ2n) is 11.6. The van der Waals surface area contributed by atoms with E-state index < -0.39 is 5.60 Å². The molecule has 2 aliphatic heterocycles. The molecule has 3 aliphatic rings. The number of benzene rings is 1. The zero-order valence-corrected chi connectivity index (χ0v) is 24.2. The lowest BCUT2D eigenvalue weighted by Crippen LogP contribution is -2.41. The van der Waals surface area contributed by atoms with E-state index in [9.17, 15) is 9.59 Å². The first-order valence-corrected chi connectivity index (χ1v) is 14.1. The number of H-pyrrole nitrogens is 1. The van der Waals surface area contributed by atoms with Gasteiger partial charge in [0.1, 0.15) is 5.60 Å². The van der Waals surface area contributed by atoms with Crippen molar-refractivity contribution >= 4 is 35.0 Å². The van der Waals surface area contributed by atoms with E-state index in [1.54, 1.807) is 30.5 Å². The molecule has 10 heteroatoms. The number of likely N-dealkylation sites (tertiary alicyclic amines) is 1. The van der Waals surface area contributed by atoms with Gasteiger partial charge in [-0.15, -0.1) is 0 Å². The van der Waals surface area contributed by atoms with Crippen molar-refractivity contribution in [3.63, 3.8) is 0 Å². The summed E-state index contributed by atoms with van der Waals surface area (Å²) in [5.41, 5.74) is 4.19. The number of carbonyl (C=O) groups is 2. The van der Waals surface area contributed by atoms with Gasteiger partial charge in [-0.05, 0) is 57.7 Å². The molecule has 2 amide bonds. The molecule has 1 aromatic carbocycles. The molecule has 6 rings (SSSR count). The zero-order valence-electron chi connectivity index (χ0n) is 23.4. The Bertz CT molecular complexity index is 1600. The van der Waals surface area contributed by atoms with Crippen molar-refractivity contribution in [2.45, 2.75) is 57.7 Å². The minimum atomic E-state index is -0.577. The predicted molar refractivity (Wildman–Crippen MR) is 157 cm³/mol. The molecule has 3 atom stereocenters. The third kappa shape index (κ3) is 5.20. The van der Waals surface area contributed by atoms with E-state index >= 15 is 0 Å². The van der Waals surface area contributed by atoms with Crippen LogP contribution in [0.5, 0.6) is 5.75 Å². The molecule has 1 aliphatic carbocycles. The smallest absolute Gasteiger partial charge is 0.411 e. The topological polar surface area (TPSA) is 109 Å². The number of fused-ring (bicyclic) bond motifs is 2. The summed E-state index contributed by atoms with van der Waals surface area (Å²) < 4.78 is 11.2. The second-order valence-corrected chi connectivity index (χ2v) is 12.0. The van der Waals surface area contributed by atoms with Crippen LogP contribution in [0.25, 0.3) is 11.3 Å².